The van der Waals surface area contributed by atoms with E-state index in [4.69, 9.17) is 0 Å². The first-order valence-corrected chi connectivity index (χ1v) is 7.77. The van der Waals surface area contributed by atoms with Crippen molar-refractivity contribution >= 4 is 5.91 Å². The Kier molecular flexibility index (Phi) is 3.60. The summed E-state index contributed by atoms with van der Waals surface area (Å²) in [6.07, 6.45) is 9.68. The van der Waals surface area contributed by atoms with Gasteiger partial charge in [-0.2, -0.15) is 0 Å². The zero-order valence-corrected chi connectivity index (χ0v) is 11.5. The van der Waals surface area contributed by atoms with Crippen molar-refractivity contribution in [1.29, 1.82) is 0 Å². The normalized spacial score (nSPS) is 37.9. The van der Waals surface area contributed by atoms with Crippen LogP contribution in [0.25, 0.3) is 0 Å². The lowest BCUT2D eigenvalue weighted by Gasteiger charge is -2.31. The highest BCUT2D eigenvalue weighted by molar-refractivity contribution is 5.80. The second-order valence-corrected chi connectivity index (χ2v) is 6.70. The maximum Gasteiger partial charge on any atom is 0.237 e. The van der Waals surface area contributed by atoms with Gasteiger partial charge in [0, 0.05) is 6.54 Å². The molecule has 3 rings (SSSR count). The third-order valence-electron chi connectivity index (χ3n) is 5.22. The van der Waals surface area contributed by atoms with Gasteiger partial charge in [0.1, 0.15) is 0 Å². The maximum absolute atomic E-state index is 12.1. The molecule has 3 aliphatic rings. The molecule has 0 spiro atoms. The monoisotopic (exact) mass is 250 g/mol. The van der Waals surface area contributed by atoms with E-state index in [1.165, 1.54) is 44.9 Å². The van der Waals surface area contributed by atoms with E-state index in [0.717, 1.165) is 24.3 Å². The number of carbonyl (C=O) groups excluding carboxylic acids is 1. The maximum atomic E-state index is 12.1. The average Bonchev–Trinajstić information content (AvgIpc) is 3.03. The lowest BCUT2D eigenvalue weighted by atomic mass is 10.0. The molecule has 3 atom stereocenters. The van der Waals surface area contributed by atoms with E-state index in [2.05, 4.69) is 17.1 Å². The van der Waals surface area contributed by atoms with Crippen LogP contribution in [0.4, 0.5) is 0 Å². The third-order valence-corrected chi connectivity index (χ3v) is 5.22. The molecule has 102 valence electrons. The molecule has 2 aliphatic carbocycles. The van der Waals surface area contributed by atoms with E-state index in [9.17, 15) is 4.79 Å². The molecular weight excluding hydrogens is 224 g/mol. The first-order chi connectivity index (χ1) is 8.74. The van der Waals surface area contributed by atoms with Crippen molar-refractivity contribution < 1.29 is 4.79 Å². The summed E-state index contributed by atoms with van der Waals surface area (Å²) in [6, 6.07) is 0. The Balaban J connectivity index is 1.62. The summed E-state index contributed by atoms with van der Waals surface area (Å²) >= 11 is 0. The average molecular weight is 250 g/mol. The number of nitrogens with zero attached hydrogens (tertiary/aromatic N) is 1. The molecule has 3 unspecified atom stereocenters. The SMILES string of the molecule is CC1CCC(CN2C(=O)CNC2C2CCCC2)C1. The van der Waals surface area contributed by atoms with Crippen LogP contribution in [-0.4, -0.2) is 30.1 Å². The fourth-order valence-corrected chi connectivity index (χ4v) is 4.24. The second kappa shape index (κ2) is 5.20. The van der Waals surface area contributed by atoms with Gasteiger partial charge in [-0.3, -0.25) is 10.1 Å². The Labute approximate surface area is 110 Å². The number of hydrogen-bond donors (Lipinski definition) is 1. The molecule has 1 N–H and O–H groups in total. The molecule has 0 radical (unpaired) electrons. The first kappa shape index (κ1) is 12.5. The van der Waals surface area contributed by atoms with Crippen LogP contribution in [0.1, 0.15) is 51.9 Å². The zero-order chi connectivity index (χ0) is 12.5. The minimum Gasteiger partial charge on any atom is -0.325 e. The number of amides is 1. The molecule has 1 aliphatic heterocycles. The van der Waals surface area contributed by atoms with Crippen LogP contribution >= 0.6 is 0 Å². The van der Waals surface area contributed by atoms with E-state index < -0.39 is 0 Å². The van der Waals surface area contributed by atoms with Crippen LogP contribution in [0.15, 0.2) is 0 Å². The molecular formula is C15H26N2O. The van der Waals surface area contributed by atoms with Gasteiger partial charge in [-0.1, -0.05) is 26.2 Å². The minimum absolute atomic E-state index is 0.339. The minimum atomic E-state index is 0.339. The standard InChI is InChI=1S/C15H26N2O/c1-11-6-7-12(8-11)10-17-14(18)9-16-15(17)13-4-2-3-5-13/h11-13,15-16H,2-10H2,1H3. The molecule has 1 amide bonds. The predicted octanol–water partition coefficient (Wildman–Crippen LogP) is 2.37. The molecule has 1 heterocycles. The van der Waals surface area contributed by atoms with Crippen LogP contribution in [0, 0.1) is 17.8 Å². The lowest BCUT2D eigenvalue weighted by molar-refractivity contribution is -0.129. The van der Waals surface area contributed by atoms with Crippen molar-refractivity contribution in [1.82, 2.24) is 10.2 Å². The Morgan fingerprint density at radius 1 is 1.22 bits per heavy atom. The Bertz CT molecular complexity index is 312. The molecule has 2 saturated carbocycles. The number of hydrogen-bond acceptors (Lipinski definition) is 2. The van der Waals surface area contributed by atoms with Gasteiger partial charge in [-0.15, -0.1) is 0 Å². The second-order valence-electron chi connectivity index (χ2n) is 6.70. The number of rotatable bonds is 3. The van der Waals surface area contributed by atoms with Crippen molar-refractivity contribution in [2.75, 3.05) is 13.1 Å². The molecule has 0 bridgehead atoms. The van der Waals surface area contributed by atoms with Gasteiger partial charge in [-0.25, -0.2) is 0 Å². The van der Waals surface area contributed by atoms with E-state index in [1.54, 1.807) is 0 Å². The van der Waals surface area contributed by atoms with Gasteiger partial charge in [0.2, 0.25) is 5.91 Å². The number of nitrogens with one attached hydrogen (secondary N) is 1. The van der Waals surface area contributed by atoms with Crippen molar-refractivity contribution in [2.45, 2.75) is 58.0 Å². The lowest BCUT2D eigenvalue weighted by Crippen LogP contribution is -2.44. The van der Waals surface area contributed by atoms with E-state index in [-0.39, 0.29) is 0 Å². The van der Waals surface area contributed by atoms with Gasteiger partial charge in [-0.05, 0) is 43.4 Å². The molecule has 18 heavy (non-hydrogen) atoms. The fourth-order valence-electron chi connectivity index (χ4n) is 4.24. The van der Waals surface area contributed by atoms with E-state index >= 15 is 0 Å². The summed E-state index contributed by atoms with van der Waals surface area (Å²) in [5.41, 5.74) is 0. The topological polar surface area (TPSA) is 32.3 Å². The Hall–Kier alpha value is -0.570. The summed E-state index contributed by atoms with van der Waals surface area (Å²) in [5.74, 6) is 2.68. The van der Waals surface area contributed by atoms with Gasteiger partial charge < -0.3 is 4.90 Å². The molecule has 0 aromatic heterocycles. The Morgan fingerprint density at radius 3 is 2.67 bits per heavy atom. The van der Waals surface area contributed by atoms with Crippen molar-refractivity contribution in [2.24, 2.45) is 17.8 Å². The van der Waals surface area contributed by atoms with E-state index in [0.29, 0.717) is 18.6 Å². The quantitative estimate of drug-likeness (QED) is 0.834. The third kappa shape index (κ3) is 2.42. The summed E-state index contributed by atoms with van der Waals surface area (Å²) in [5, 5.41) is 3.46. The van der Waals surface area contributed by atoms with Crippen LogP contribution in [0.5, 0.6) is 0 Å². The summed E-state index contributed by atoms with van der Waals surface area (Å²) in [4.78, 5) is 14.3. The fraction of sp³-hybridized carbons (Fsp3) is 0.933. The van der Waals surface area contributed by atoms with Crippen LogP contribution in [0.3, 0.4) is 0 Å². The summed E-state index contributed by atoms with van der Waals surface area (Å²) < 4.78 is 0. The van der Waals surface area contributed by atoms with Gasteiger partial charge in [0.15, 0.2) is 0 Å². The highest BCUT2D eigenvalue weighted by Crippen LogP contribution is 2.34. The van der Waals surface area contributed by atoms with Gasteiger partial charge in [0.25, 0.3) is 0 Å². The highest BCUT2D eigenvalue weighted by atomic mass is 16.2. The van der Waals surface area contributed by atoms with Crippen molar-refractivity contribution in [3.8, 4) is 0 Å². The molecule has 0 aromatic carbocycles. The van der Waals surface area contributed by atoms with Gasteiger partial charge >= 0.3 is 0 Å². The molecule has 3 heteroatoms. The van der Waals surface area contributed by atoms with Crippen LogP contribution in [-0.2, 0) is 4.79 Å². The molecule has 0 aromatic rings. The van der Waals surface area contributed by atoms with Crippen molar-refractivity contribution in [3.05, 3.63) is 0 Å². The summed E-state index contributed by atoms with van der Waals surface area (Å²) in [6.45, 7) is 3.93. The van der Waals surface area contributed by atoms with Gasteiger partial charge in [0.05, 0.1) is 12.7 Å². The van der Waals surface area contributed by atoms with Crippen LogP contribution < -0.4 is 5.32 Å². The zero-order valence-electron chi connectivity index (χ0n) is 11.5. The van der Waals surface area contributed by atoms with Crippen LogP contribution in [0.2, 0.25) is 0 Å². The van der Waals surface area contributed by atoms with Crippen molar-refractivity contribution in [3.63, 3.8) is 0 Å². The molecule has 3 fully saturated rings. The smallest absolute Gasteiger partial charge is 0.237 e. The molecule has 3 nitrogen and oxygen atoms in total. The highest BCUT2D eigenvalue weighted by Gasteiger charge is 2.38. The largest absolute Gasteiger partial charge is 0.325 e. The van der Waals surface area contributed by atoms with E-state index in [1.807, 2.05) is 0 Å². The predicted molar refractivity (Wildman–Crippen MR) is 72.0 cm³/mol. The first-order valence-electron chi connectivity index (χ1n) is 7.77. The number of carbonyl (C=O) groups is 1. The molecule has 1 saturated heterocycles. The Morgan fingerprint density at radius 2 is 2.00 bits per heavy atom. The summed E-state index contributed by atoms with van der Waals surface area (Å²) in [7, 11) is 0.